The Kier molecular flexibility index (Phi) is 6.20. The summed E-state index contributed by atoms with van der Waals surface area (Å²) in [6, 6.07) is 1.04. The molecule has 10 nitrogen and oxygen atoms in total. The maximum absolute atomic E-state index is 14.7. The lowest BCUT2D eigenvalue weighted by atomic mass is 10.1. The number of hydrogen-bond acceptors (Lipinski definition) is 7. The first-order chi connectivity index (χ1) is 17.2. The molecule has 2 aliphatic heterocycles. The highest BCUT2D eigenvalue weighted by atomic mass is 32.2. The third-order valence-corrected chi connectivity index (χ3v) is 7.74. The van der Waals surface area contributed by atoms with Gasteiger partial charge in [0.2, 0.25) is 27.4 Å². The third-order valence-electron chi connectivity index (χ3n) is 6.20. The highest BCUT2D eigenvalue weighted by molar-refractivity contribution is 7.89. The predicted octanol–water partition coefficient (Wildman–Crippen LogP) is 2.67. The van der Waals surface area contributed by atoms with Crippen molar-refractivity contribution in [2.75, 3.05) is 31.1 Å². The number of carbonyl (C=O) groups excluding carboxylic acids is 1. The van der Waals surface area contributed by atoms with Crippen LogP contribution in [0.4, 0.5) is 28.2 Å². The summed E-state index contributed by atoms with van der Waals surface area (Å²) in [5.74, 6) is -9.57. The molecule has 4 heterocycles. The van der Waals surface area contributed by atoms with Gasteiger partial charge in [0.1, 0.15) is 17.8 Å². The molecule has 192 valence electrons. The Labute approximate surface area is 202 Å². The van der Waals surface area contributed by atoms with E-state index in [4.69, 9.17) is 0 Å². The average molecular weight is 528 g/mol. The molecule has 5 rings (SSSR count). The van der Waals surface area contributed by atoms with Crippen molar-refractivity contribution in [1.29, 1.82) is 0 Å². The number of likely N-dealkylation sites (tertiary alicyclic amines) is 1. The summed E-state index contributed by atoms with van der Waals surface area (Å²) in [5.41, 5.74) is 0.636. The molecule has 1 amide bonds. The fourth-order valence-electron chi connectivity index (χ4n) is 4.17. The minimum Gasteiger partial charge on any atom is -0.404 e. The largest absolute Gasteiger partial charge is 0.415 e. The van der Waals surface area contributed by atoms with E-state index in [9.17, 15) is 30.8 Å². The van der Waals surface area contributed by atoms with Gasteiger partial charge in [0, 0.05) is 38.4 Å². The number of ether oxygens (including phenoxy) is 1. The number of fused-ring (bicyclic) bond motifs is 1. The summed E-state index contributed by atoms with van der Waals surface area (Å²) < 4.78 is 90.5. The van der Waals surface area contributed by atoms with Crippen LogP contribution < -0.4 is 14.4 Å². The molecule has 0 atom stereocenters. The van der Waals surface area contributed by atoms with E-state index in [1.54, 1.807) is 12.3 Å². The number of benzene rings is 1. The topological polar surface area (TPSA) is 121 Å². The Bertz CT molecular complexity index is 1410. The molecule has 2 aliphatic rings. The van der Waals surface area contributed by atoms with Crippen LogP contribution >= 0.6 is 0 Å². The summed E-state index contributed by atoms with van der Waals surface area (Å²) in [6.45, 7) is 1.22. The van der Waals surface area contributed by atoms with E-state index >= 15 is 0 Å². The zero-order chi connectivity index (χ0) is 25.6. The lowest BCUT2D eigenvalue weighted by Crippen LogP contribution is -2.45. The normalized spacial score (nSPS) is 16.9. The van der Waals surface area contributed by atoms with Gasteiger partial charge in [0.05, 0.1) is 5.39 Å². The van der Waals surface area contributed by atoms with Gasteiger partial charge < -0.3 is 19.5 Å². The van der Waals surface area contributed by atoms with Crippen molar-refractivity contribution in [2.24, 2.45) is 0 Å². The van der Waals surface area contributed by atoms with E-state index in [1.165, 1.54) is 6.33 Å². The monoisotopic (exact) mass is 528 g/mol. The van der Waals surface area contributed by atoms with Crippen molar-refractivity contribution in [1.82, 2.24) is 24.6 Å². The summed E-state index contributed by atoms with van der Waals surface area (Å²) in [4.78, 5) is 24.4. The van der Waals surface area contributed by atoms with Crippen LogP contribution in [0.5, 0.6) is 5.75 Å². The molecule has 3 aromatic rings. The van der Waals surface area contributed by atoms with Crippen LogP contribution in [0.1, 0.15) is 19.3 Å². The van der Waals surface area contributed by atoms with Crippen LogP contribution in [0.25, 0.3) is 11.0 Å². The number of carbonyl (C=O) groups is 1. The van der Waals surface area contributed by atoms with E-state index in [0.29, 0.717) is 31.0 Å². The Balaban J connectivity index is 1.32. The molecular weight excluding hydrogens is 508 g/mol. The van der Waals surface area contributed by atoms with E-state index < -0.39 is 56.1 Å². The van der Waals surface area contributed by atoms with Gasteiger partial charge in [-0.3, -0.25) is 0 Å². The number of amides is 1. The number of halogens is 4. The SMILES string of the molecule is O=C(Oc1c(F)c(F)c(S(=O)(=O)NC2CCN(c3ncnc4[nH]ccc34)CC2)c(F)c1F)N1CCC1. The molecule has 0 radical (unpaired) electrons. The van der Waals surface area contributed by atoms with Crippen molar-refractivity contribution < 1.29 is 35.5 Å². The second kappa shape index (κ2) is 9.20. The molecule has 1 aromatic carbocycles. The molecule has 2 aromatic heterocycles. The van der Waals surface area contributed by atoms with Gasteiger partial charge in [0.15, 0.2) is 16.5 Å². The molecule has 15 heteroatoms. The number of rotatable bonds is 5. The molecule has 0 aliphatic carbocycles. The summed E-state index contributed by atoms with van der Waals surface area (Å²) in [5, 5.41) is 0.779. The smallest absolute Gasteiger partial charge is 0.404 e. The first-order valence-corrected chi connectivity index (χ1v) is 12.5. The Morgan fingerprint density at radius 2 is 1.69 bits per heavy atom. The second-order valence-corrected chi connectivity index (χ2v) is 10.1. The third kappa shape index (κ3) is 4.21. The molecule has 2 saturated heterocycles. The molecule has 0 bridgehead atoms. The lowest BCUT2D eigenvalue weighted by Gasteiger charge is -2.33. The number of anilines is 1. The second-order valence-electron chi connectivity index (χ2n) is 8.44. The number of nitrogens with one attached hydrogen (secondary N) is 2. The lowest BCUT2D eigenvalue weighted by molar-refractivity contribution is 0.120. The maximum Gasteiger partial charge on any atom is 0.415 e. The van der Waals surface area contributed by atoms with E-state index in [2.05, 4.69) is 24.4 Å². The molecule has 0 unspecified atom stereocenters. The molecule has 36 heavy (non-hydrogen) atoms. The van der Waals surface area contributed by atoms with Crippen LogP contribution in [0.2, 0.25) is 0 Å². The van der Waals surface area contributed by atoms with E-state index in [-0.39, 0.29) is 25.9 Å². The fourth-order valence-corrected chi connectivity index (χ4v) is 5.61. The van der Waals surface area contributed by atoms with E-state index in [0.717, 1.165) is 10.3 Å². The minimum absolute atomic E-state index is 0.231. The van der Waals surface area contributed by atoms with Crippen molar-refractivity contribution in [3.63, 3.8) is 0 Å². The van der Waals surface area contributed by atoms with Gasteiger partial charge in [-0.25, -0.2) is 36.7 Å². The number of aromatic nitrogens is 3. The predicted molar refractivity (Wildman–Crippen MR) is 118 cm³/mol. The molecule has 2 fully saturated rings. The summed E-state index contributed by atoms with van der Waals surface area (Å²) in [7, 11) is -5.01. The van der Waals surface area contributed by atoms with Gasteiger partial charge in [-0.2, -0.15) is 8.78 Å². The molecule has 0 spiro atoms. The molecule has 2 N–H and O–H groups in total. The maximum atomic E-state index is 14.7. The van der Waals surface area contributed by atoms with Crippen LogP contribution in [0.3, 0.4) is 0 Å². The van der Waals surface area contributed by atoms with Crippen LogP contribution in [-0.4, -0.2) is 66.6 Å². The van der Waals surface area contributed by atoms with E-state index in [1.807, 2.05) is 4.90 Å². The molecular formula is C21H20F4N6O4S. The quantitative estimate of drug-likeness (QED) is 0.386. The first-order valence-electron chi connectivity index (χ1n) is 11.1. The van der Waals surface area contributed by atoms with Crippen molar-refractivity contribution in [3.05, 3.63) is 41.9 Å². The Hall–Kier alpha value is -3.46. The standard InChI is InChI=1S/C21H20F4N6O4S/c22-13-15(24)18(16(25)14(23)17(13)35-21(32)31-6-1-7-31)36(33,34)29-11-3-8-30(9-4-11)20-12-2-5-26-19(12)27-10-28-20/h2,5,10-11,29H,1,3-4,6-9H2,(H,26,27,28). The Morgan fingerprint density at radius 3 is 2.31 bits per heavy atom. The zero-order valence-corrected chi connectivity index (χ0v) is 19.4. The highest BCUT2D eigenvalue weighted by Crippen LogP contribution is 2.34. The first kappa shape index (κ1) is 24.2. The number of nitrogens with zero attached hydrogens (tertiary/aromatic N) is 4. The Morgan fingerprint density at radius 1 is 1.03 bits per heavy atom. The van der Waals surface area contributed by atoms with Crippen molar-refractivity contribution in [2.45, 2.75) is 30.2 Å². The van der Waals surface area contributed by atoms with Gasteiger partial charge in [0.25, 0.3) is 0 Å². The number of piperidine rings is 1. The zero-order valence-electron chi connectivity index (χ0n) is 18.6. The van der Waals surface area contributed by atoms with Gasteiger partial charge >= 0.3 is 6.09 Å². The van der Waals surface area contributed by atoms with Crippen LogP contribution in [0, 0.1) is 23.3 Å². The number of H-pyrrole nitrogens is 1. The van der Waals surface area contributed by atoms with Gasteiger partial charge in [-0.05, 0) is 25.3 Å². The van der Waals surface area contributed by atoms with Crippen molar-refractivity contribution >= 4 is 33.0 Å². The fraction of sp³-hybridized carbons (Fsp3) is 0.381. The van der Waals surface area contributed by atoms with Gasteiger partial charge in [-0.1, -0.05) is 0 Å². The van der Waals surface area contributed by atoms with Crippen LogP contribution in [0.15, 0.2) is 23.5 Å². The number of aromatic amines is 1. The minimum atomic E-state index is -5.01. The number of hydrogen-bond donors (Lipinski definition) is 2. The summed E-state index contributed by atoms with van der Waals surface area (Å²) in [6.07, 6.45) is 3.01. The van der Waals surface area contributed by atoms with Crippen molar-refractivity contribution in [3.8, 4) is 5.75 Å². The van der Waals surface area contributed by atoms with Gasteiger partial charge in [-0.15, -0.1) is 0 Å². The van der Waals surface area contributed by atoms with Crippen LogP contribution in [-0.2, 0) is 10.0 Å². The highest BCUT2D eigenvalue weighted by Gasteiger charge is 2.37. The average Bonchev–Trinajstić information content (AvgIpc) is 3.29. The number of sulfonamides is 1. The summed E-state index contributed by atoms with van der Waals surface area (Å²) >= 11 is 0. The molecule has 0 saturated carbocycles.